The van der Waals surface area contributed by atoms with E-state index < -0.39 is 0 Å². The summed E-state index contributed by atoms with van der Waals surface area (Å²) in [5, 5.41) is 14.7. The Morgan fingerprint density at radius 1 is 1.26 bits per heavy atom. The summed E-state index contributed by atoms with van der Waals surface area (Å²) in [7, 11) is 0. The van der Waals surface area contributed by atoms with Gasteiger partial charge in [0.15, 0.2) is 5.82 Å². The molecule has 0 amide bonds. The van der Waals surface area contributed by atoms with Crippen LogP contribution in [0.25, 0.3) is 10.8 Å². The molecule has 4 heteroatoms. The molecule has 4 nitrogen and oxygen atoms in total. The second-order valence-corrected chi connectivity index (χ2v) is 5.11. The van der Waals surface area contributed by atoms with Crippen LogP contribution in [-0.4, -0.2) is 35.9 Å². The monoisotopic (exact) mass is 256 g/mol. The zero-order valence-electron chi connectivity index (χ0n) is 11.6. The molecule has 3 rings (SSSR count). The van der Waals surface area contributed by atoms with Gasteiger partial charge < -0.3 is 10.2 Å². The third-order valence-corrected chi connectivity index (χ3v) is 3.95. The first-order chi connectivity index (χ1) is 9.31. The molecule has 0 bridgehead atoms. The van der Waals surface area contributed by atoms with Gasteiger partial charge in [0.1, 0.15) is 0 Å². The summed E-state index contributed by atoms with van der Waals surface area (Å²) in [5.41, 5.74) is 1.00. The molecule has 1 saturated heterocycles. The fourth-order valence-corrected chi connectivity index (χ4v) is 2.84. The van der Waals surface area contributed by atoms with Crippen molar-refractivity contribution in [3.8, 4) is 0 Å². The number of anilines is 1. The maximum absolute atomic E-state index is 4.48. The minimum Gasteiger partial charge on any atom is -0.349 e. The lowest BCUT2D eigenvalue weighted by Gasteiger charge is -2.36. The van der Waals surface area contributed by atoms with Gasteiger partial charge in [-0.25, -0.2) is 0 Å². The minimum atomic E-state index is 0.508. The zero-order valence-corrected chi connectivity index (χ0v) is 11.6. The van der Waals surface area contributed by atoms with Crippen LogP contribution in [0.15, 0.2) is 24.3 Å². The van der Waals surface area contributed by atoms with Crippen LogP contribution < -0.4 is 10.2 Å². The number of nitrogens with zero attached hydrogens (tertiary/aromatic N) is 3. The molecule has 2 aromatic rings. The lowest BCUT2D eigenvalue weighted by Crippen LogP contribution is -2.51. The van der Waals surface area contributed by atoms with Crippen molar-refractivity contribution in [1.82, 2.24) is 15.5 Å². The van der Waals surface area contributed by atoms with Crippen molar-refractivity contribution in [3.05, 3.63) is 30.0 Å². The Morgan fingerprint density at radius 3 is 2.84 bits per heavy atom. The minimum absolute atomic E-state index is 0.508. The quantitative estimate of drug-likeness (QED) is 0.893. The van der Waals surface area contributed by atoms with Crippen molar-refractivity contribution in [1.29, 1.82) is 0 Å². The van der Waals surface area contributed by atoms with Gasteiger partial charge in [-0.1, -0.05) is 31.2 Å². The van der Waals surface area contributed by atoms with Crippen LogP contribution >= 0.6 is 0 Å². The Morgan fingerprint density at radius 2 is 2.05 bits per heavy atom. The maximum atomic E-state index is 4.48. The van der Waals surface area contributed by atoms with E-state index in [0.717, 1.165) is 37.6 Å². The molecule has 1 aliphatic rings. The van der Waals surface area contributed by atoms with Crippen LogP contribution in [0.3, 0.4) is 0 Å². The topological polar surface area (TPSA) is 41.0 Å². The Hall–Kier alpha value is -1.68. The summed E-state index contributed by atoms with van der Waals surface area (Å²) < 4.78 is 0. The molecule has 100 valence electrons. The second kappa shape index (κ2) is 5.13. The van der Waals surface area contributed by atoms with E-state index in [9.17, 15) is 0 Å². The number of hydrogen-bond acceptors (Lipinski definition) is 4. The van der Waals surface area contributed by atoms with Gasteiger partial charge in [0.05, 0.1) is 5.69 Å². The fraction of sp³-hybridized carbons (Fsp3) is 0.467. The molecular formula is C15H20N4. The van der Waals surface area contributed by atoms with Crippen molar-refractivity contribution in [2.75, 3.05) is 24.5 Å². The van der Waals surface area contributed by atoms with E-state index >= 15 is 0 Å². The number of rotatable bonds is 2. The molecule has 19 heavy (non-hydrogen) atoms. The van der Waals surface area contributed by atoms with E-state index in [1.807, 2.05) is 6.92 Å². The molecule has 0 radical (unpaired) electrons. The summed E-state index contributed by atoms with van der Waals surface area (Å²) in [6.07, 6.45) is 1.12. The molecule has 0 saturated carbocycles. The third-order valence-electron chi connectivity index (χ3n) is 3.95. The number of aromatic nitrogens is 2. The number of nitrogens with one attached hydrogen (secondary N) is 1. The molecule has 1 fully saturated rings. The molecule has 1 N–H and O–H groups in total. The normalized spacial score (nSPS) is 19.9. The largest absolute Gasteiger partial charge is 0.349 e. The first-order valence-electron chi connectivity index (χ1n) is 7.00. The molecule has 1 aromatic carbocycles. The average molecular weight is 256 g/mol. The number of hydrogen-bond donors (Lipinski definition) is 1. The molecule has 1 atom stereocenters. The first kappa shape index (κ1) is 12.4. The van der Waals surface area contributed by atoms with E-state index in [1.165, 1.54) is 10.8 Å². The van der Waals surface area contributed by atoms with Gasteiger partial charge in [0, 0.05) is 36.4 Å². The highest BCUT2D eigenvalue weighted by Crippen LogP contribution is 2.27. The van der Waals surface area contributed by atoms with Gasteiger partial charge in [0.2, 0.25) is 0 Å². The Kier molecular flexibility index (Phi) is 3.34. The Labute approximate surface area is 113 Å². The van der Waals surface area contributed by atoms with Gasteiger partial charge in [-0.3, -0.25) is 0 Å². The summed E-state index contributed by atoms with van der Waals surface area (Å²) in [6.45, 7) is 7.30. The van der Waals surface area contributed by atoms with Crippen molar-refractivity contribution < 1.29 is 0 Å². The molecule has 2 heterocycles. The van der Waals surface area contributed by atoms with E-state index in [2.05, 4.69) is 51.6 Å². The average Bonchev–Trinajstić information content (AvgIpc) is 2.48. The third kappa shape index (κ3) is 2.16. The van der Waals surface area contributed by atoms with Crippen molar-refractivity contribution in [3.63, 3.8) is 0 Å². The standard InChI is InChI=1S/C15H20N4/c1-3-12-10-16-8-9-19(12)15-14-7-5-4-6-13(14)11(2)17-18-15/h4-7,12,16H,3,8-10H2,1-2H3. The first-order valence-corrected chi connectivity index (χ1v) is 7.00. The van der Waals surface area contributed by atoms with Crippen molar-refractivity contribution in [2.24, 2.45) is 0 Å². The van der Waals surface area contributed by atoms with E-state index in [4.69, 9.17) is 0 Å². The number of fused-ring (bicyclic) bond motifs is 1. The van der Waals surface area contributed by atoms with Crippen LogP contribution in [0.1, 0.15) is 19.0 Å². The van der Waals surface area contributed by atoms with Crippen LogP contribution in [0.4, 0.5) is 5.82 Å². The SMILES string of the molecule is CCC1CNCCN1c1nnc(C)c2ccccc12. The van der Waals surface area contributed by atoms with Crippen LogP contribution in [0.2, 0.25) is 0 Å². The van der Waals surface area contributed by atoms with Crippen molar-refractivity contribution in [2.45, 2.75) is 26.3 Å². The predicted octanol–water partition coefficient (Wildman–Crippen LogP) is 2.13. The van der Waals surface area contributed by atoms with Gasteiger partial charge in [-0.05, 0) is 13.3 Å². The zero-order chi connectivity index (χ0) is 13.2. The van der Waals surface area contributed by atoms with Gasteiger partial charge in [0.25, 0.3) is 0 Å². The Bertz CT molecular complexity index is 581. The number of aryl methyl sites for hydroxylation is 1. The molecule has 0 spiro atoms. The van der Waals surface area contributed by atoms with Gasteiger partial charge >= 0.3 is 0 Å². The van der Waals surface area contributed by atoms with Gasteiger partial charge in [-0.15, -0.1) is 5.10 Å². The van der Waals surface area contributed by atoms with E-state index in [-0.39, 0.29) is 0 Å². The predicted molar refractivity (Wildman–Crippen MR) is 78.6 cm³/mol. The fourth-order valence-electron chi connectivity index (χ4n) is 2.84. The molecule has 1 aliphatic heterocycles. The van der Waals surface area contributed by atoms with Crippen molar-refractivity contribution >= 4 is 16.6 Å². The number of piperazine rings is 1. The van der Waals surface area contributed by atoms with E-state index in [0.29, 0.717) is 6.04 Å². The summed E-state index contributed by atoms with van der Waals surface area (Å²) in [4.78, 5) is 2.41. The second-order valence-electron chi connectivity index (χ2n) is 5.11. The summed E-state index contributed by atoms with van der Waals surface area (Å²) >= 11 is 0. The molecule has 1 aromatic heterocycles. The van der Waals surface area contributed by atoms with Crippen LogP contribution in [0, 0.1) is 6.92 Å². The highest BCUT2D eigenvalue weighted by molar-refractivity contribution is 5.93. The lowest BCUT2D eigenvalue weighted by atomic mass is 10.1. The van der Waals surface area contributed by atoms with E-state index in [1.54, 1.807) is 0 Å². The van der Waals surface area contributed by atoms with Crippen LogP contribution in [-0.2, 0) is 0 Å². The number of benzene rings is 1. The highest BCUT2D eigenvalue weighted by Gasteiger charge is 2.23. The summed E-state index contributed by atoms with van der Waals surface area (Å²) in [5.74, 6) is 1.04. The van der Waals surface area contributed by atoms with Gasteiger partial charge in [-0.2, -0.15) is 5.10 Å². The molecular weight excluding hydrogens is 236 g/mol. The molecule has 1 unspecified atom stereocenters. The lowest BCUT2D eigenvalue weighted by molar-refractivity contribution is 0.463. The smallest absolute Gasteiger partial charge is 0.159 e. The maximum Gasteiger partial charge on any atom is 0.159 e. The summed E-state index contributed by atoms with van der Waals surface area (Å²) in [6, 6.07) is 8.94. The van der Waals surface area contributed by atoms with Crippen LogP contribution in [0.5, 0.6) is 0 Å². The Balaban J connectivity index is 2.11. The highest BCUT2D eigenvalue weighted by atomic mass is 15.3. The molecule has 0 aliphatic carbocycles.